The van der Waals surface area contributed by atoms with E-state index in [0.717, 1.165) is 10.2 Å². The molecule has 2 aromatic rings. The van der Waals surface area contributed by atoms with Crippen LogP contribution in [-0.4, -0.2) is 15.0 Å². The van der Waals surface area contributed by atoms with Gasteiger partial charge >= 0.3 is 0 Å². The summed E-state index contributed by atoms with van der Waals surface area (Å²) < 4.78 is 3.20. The lowest BCUT2D eigenvalue weighted by molar-refractivity contribution is 0.221. The van der Waals surface area contributed by atoms with Gasteiger partial charge in [0.15, 0.2) is 0 Å². The summed E-state index contributed by atoms with van der Waals surface area (Å²) in [5, 5.41) is 8.31. The monoisotopic (exact) mass is 305 g/mol. The summed E-state index contributed by atoms with van der Waals surface area (Å²) in [6, 6.07) is 8.88. The fourth-order valence-electron chi connectivity index (χ4n) is 2.63. The largest absolute Gasteiger partial charge is 0.242 e. The highest BCUT2D eigenvalue weighted by molar-refractivity contribution is 9.10. The maximum atomic E-state index is 4.28. The molecule has 0 bridgehead atoms. The summed E-state index contributed by atoms with van der Waals surface area (Å²) in [7, 11) is 0. The third-order valence-electron chi connectivity index (χ3n) is 3.80. The second-order valence-electron chi connectivity index (χ2n) is 5.01. The second-order valence-corrected chi connectivity index (χ2v) is 5.93. The van der Waals surface area contributed by atoms with Gasteiger partial charge in [0.25, 0.3) is 0 Å². The Hall–Kier alpha value is -1.16. The van der Waals surface area contributed by atoms with Crippen LogP contribution in [0, 0.1) is 12.8 Å². The van der Waals surface area contributed by atoms with Crippen molar-refractivity contribution in [3.8, 4) is 0 Å². The molecule has 1 heterocycles. The zero-order valence-corrected chi connectivity index (χ0v) is 12.0. The van der Waals surface area contributed by atoms with Crippen LogP contribution >= 0.6 is 15.9 Å². The first-order chi connectivity index (χ1) is 8.75. The van der Waals surface area contributed by atoms with E-state index in [1.807, 2.05) is 6.20 Å². The molecular formula is C14H16BrN3. The molecule has 18 heavy (non-hydrogen) atoms. The van der Waals surface area contributed by atoms with Crippen molar-refractivity contribution in [2.75, 3.05) is 0 Å². The number of rotatable bonds is 3. The van der Waals surface area contributed by atoms with Gasteiger partial charge in [0.2, 0.25) is 0 Å². The molecule has 1 aromatic carbocycles. The Bertz CT molecular complexity index is 545. The summed E-state index contributed by atoms with van der Waals surface area (Å²) in [6.45, 7) is 2.07. The molecule has 1 aliphatic carbocycles. The minimum absolute atomic E-state index is 0.332. The third kappa shape index (κ3) is 2.09. The molecule has 0 N–H and O–H groups in total. The van der Waals surface area contributed by atoms with Crippen LogP contribution in [0.5, 0.6) is 0 Å². The van der Waals surface area contributed by atoms with E-state index in [1.165, 1.54) is 24.8 Å². The molecule has 3 rings (SSSR count). The summed E-state index contributed by atoms with van der Waals surface area (Å²) in [4.78, 5) is 0. The third-order valence-corrected chi connectivity index (χ3v) is 4.30. The Labute approximate surface area is 115 Å². The molecule has 4 heteroatoms. The number of hydrogen-bond donors (Lipinski definition) is 0. The zero-order chi connectivity index (χ0) is 12.5. The van der Waals surface area contributed by atoms with Crippen molar-refractivity contribution in [1.29, 1.82) is 0 Å². The molecule has 94 valence electrons. The van der Waals surface area contributed by atoms with E-state index in [2.05, 4.69) is 62.1 Å². The number of hydrogen-bond acceptors (Lipinski definition) is 2. The fourth-order valence-corrected chi connectivity index (χ4v) is 3.05. The number of aryl methyl sites for hydroxylation is 1. The molecular weight excluding hydrogens is 290 g/mol. The lowest BCUT2D eigenvalue weighted by atomic mass is 9.77. The first kappa shape index (κ1) is 11.9. The highest BCUT2D eigenvalue weighted by atomic mass is 79.9. The van der Waals surface area contributed by atoms with Crippen molar-refractivity contribution in [3.63, 3.8) is 0 Å². The van der Waals surface area contributed by atoms with Crippen molar-refractivity contribution in [1.82, 2.24) is 15.0 Å². The SMILES string of the molecule is Cc1cnnn1C(c1cccc(Br)c1)C1CCC1. The molecule has 0 aliphatic heterocycles. The van der Waals surface area contributed by atoms with Gasteiger partial charge < -0.3 is 0 Å². The summed E-state index contributed by atoms with van der Waals surface area (Å²) in [5.74, 6) is 0.694. The number of nitrogens with zero attached hydrogens (tertiary/aromatic N) is 3. The van der Waals surface area contributed by atoms with E-state index in [4.69, 9.17) is 0 Å². The number of halogens is 1. The molecule has 1 aromatic heterocycles. The molecule has 1 saturated carbocycles. The Balaban J connectivity index is 2.03. The van der Waals surface area contributed by atoms with Gasteiger partial charge in [-0.2, -0.15) is 0 Å². The predicted octanol–water partition coefficient (Wildman–Crippen LogP) is 3.74. The number of benzene rings is 1. The Morgan fingerprint density at radius 2 is 2.22 bits per heavy atom. The first-order valence-electron chi connectivity index (χ1n) is 6.38. The van der Waals surface area contributed by atoms with Crippen LogP contribution in [0.4, 0.5) is 0 Å². The summed E-state index contributed by atoms with van der Waals surface area (Å²) in [5.41, 5.74) is 2.45. The molecule has 1 fully saturated rings. The summed E-state index contributed by atoms with van der Waals surface area (Å²) >= 11 is 3.56. The Kier molecular flexibility index (Phi) is 3.20. The molecule has 0 spiro atoms. The Morgan fingerprint density at radius 3 is 2.78 bits per heavy atom. The van der Waals surface area contributed by atoms with Gasteiger partial charge in [0, 0.05) is 4.47 Å². The topological polar surface area (TPSA) is 30.7 Å². The van der Waals surface area contributed by atoms with E-state index in [9.17, 15) is 0 Å². The lowest BCUT2D eigenvalue weighted by Gasteiger charge is -2.34. The van der Waals surface area contributed by atoms with Gasteiger partial charge in [-0.05, 0) is 43.4 Å². The van der Waals surface area contributed by atoms with Gasteiger partial charge in [-0.3, -0.25) is 0 Å². The quantitative estimate of drug-likeness (QED) is 0.865. The molecule has 1 aliphatic rings. The molecule has 0 amide bonds. The highest BCUT2D eigenvalue weighted by Crippen LogP contribution is 2.40. The first-order valence-corrected chi connectivity index (χ1v) is 7.17. The van der Waals surface area contributed by atoms with Crippen LogP contribution in [0.3, 0.4) is 0 Å². The Morgan fingerprint density at radius 1 is 1.39 bits per heavy atom. The zero-order valence-electron chi connectivity index (χ0n) is 10.4. The highest BCUT2D eigenvalue weighted by Gasteiger charge is 2.31. The normalized spacial score (nSPS) is 17.4. The molecule has 1 unspecified atom stereocenters. The van der Waals surface area contributed by atoms with E-state index >= 15 is 0 Å². The average Bonchev–Trinajstić information content (AvgIpc) is 2.69. The van der Waals surface area contributed by atoms with Crippen LogP contribution in [0.2, 0.25) is 0 Å². The van der Waals surface area contributed by atoms with Gasteiger partial charge in [-0.1, -0.05) is 39.7 Å². The molecule has 3 nitrogen and oxygen atoms in total. The molecule has 0 radical (unpaired) electrons. The molecule has 0 saturated heterocycles. The second kappa shape index (κ2) is 4.84. The van der Waals surface area contributed by atoms with E-state index in [1.54, 1.807) is 0 Å². The smallest absolute Gasteiger partial charge is 0.0817 e. The van der Waals surface area contributed by atoms with Crippen molar-refractivity contribution < 1.29 is 0 Å². The van der Waals surface area contributed by atoms with E-state index in [-0.39, 0.29) is 0 Å². The van der Waals surface area contributed by atoms with Crippen LogP contribution in [0.15, 0.2) is 34.9 Å². The van der Waals surface area contributed by atoms with Crippen LogP contribution in [0.25, 0.3) is 0 Å². The van der Waals surface area contributed by atoms with Crippen LogP contribution < -0.4 is 0 Å². The van der Waals surface area contributed by atoms with Gasteiger partial charge in [-0.25, -0.2) is 4.68 Å². The fraction of sp³-hybridized carbons (Fsp3) is 0.429. The standard InChI is InChI=1S/C14H16BrN3/c1-10-9-16-17-18(10)14(11-4-2-5-11)12-6-3-7-13(15)8-12/h3,6-9,11,14H,2,4-5H2,1H3. The average molecular weight is 306 g/mol. The lowest BCUT2D eigenvalue weighted by Crippen LogP contribution is -2.27. The number of aromatic nitrogens is 3. The van der Waals surface area contributed by atoms with Gasteiger partial charge in [0.05, 0.1) is 17.9 Å². The maximum absolute atomic E-state index is 4.28. The predicted molar refractivity (Wildman–Crippen MR) is 74.4 cm³/mol. The van der Waals surface area contributed by atoms with Crippen molar-refractivity contribution in [2.24, 2.45) is 5.92 Å². The van der Waals surface area contributed by atoms with Gasteiger partial charge in [-0.15, -0.1) is 5.10 Å². The minimum atomic E-state index is 0.332. The summed E-state index contributed by atoms with van der Waals surface area (Å²) in [6.07, 6.45) is 5.75. The van der Waals surface area contributed by atoms with Crippen molar-refractivity contribution in [3.05, 3.63) is 46.2 Å². The van der Waals surface area contributed by atoms with E-state index in [0.29, 0.717) is 12.0 Å². The van der Waals surface area contributed by atoms with Crippen molar-refractivity contribution in [2.45, 2.75) is 32.2 Å². The maximum Gasteiger partial charge on any atom is 0.0817 e. The molecule has 1 atom stereocenters. The van der Waals surface area contributed by atoms with Gasteiger partial charge in [0.1, 0.15) is 0 Å². The van der Waals surface area contributed by atoms with E-state index < -0.39 is 0 Å². The van der Waals surface area contributed by atoms with Crippen molar-refractivity contribution >= 4 is 15.9 Å². The van der Waals surface area contributed by atoms with Crippen LogP contribution in [-0.2, 0) is 0 Å². The minimum Gasteiger partial charge on any atom is -0.242 e. The van der Waals surface area contributed by atoms with Crippen LogP contribution in [0.1, 0.15) is 36.6 Å².